The summed E-state index contributed by atoms with van der Waals surface area (Å²) in [5.74, 6) is 0. The summed E-state index contributed by atoms with van der Waals surface area (Å²) in [6.07, 6.45) is 8.80. The van der Waals surface area contributed by atoms with Crippen LogP contribution in [0.2, 0.25) is 0 Å². The molecule has 0 aliphatic heterocycles. The number of alkyl halides is 2. The fraction of sp³-hybridized carbons (Fsp3) is 1.00. The van der Waals surface area contributed by atoms with E-state index in [1.54, 1.807) is 0 Å². The summed E-state index contributed by atoms with van der Waals surface area (Å²) in [5, 5.41) is 0. The van der Waals surface area contributed by atoms with Crippen LogP contribution in [-0.4, -0.2) is 14.5 Å². The number of rotatable bonds is 9. The van der Waals surface area contributed by atoms with Gasteiger partial charge in [0.2, 0.25) is 0 Å². The monoisotopic (exact) mass is 424 g/mol. The van der Waals surface area contributed by atoms with Crippen LogP contribution in [-0.2, 0) is 0 Å². The van der Waals surface area contributed by atoms with Crippen molar-refractivity contribution in [2.75, 3.05) is 4.43 Å². The molecule has 0 aliphatic carbocycles. The van der Waals surface area contributed by atoms with Crippen molar-refractivity contribution in [2.45, 2.75) is 55.0 Å². The largest absolute Gasteiger partial charge is 0.316 e. The third kappa shape index (κ3) is 11.5. The number of unbranched alkanes of at least 4 members (excludes halogenated alkanes) is 2. The molecule has 4 heteroatoms. The lowest BCUT2D eigenvalue weighted by molar-refractivity contribution is 0.555. The van der Waals surface area contributed by atoms with Crippen LogP contribution in [0.4, 0.5) is 0 Å². The molecule has 0 fully saturated rings. The molecule has 1 atom stereocenters. The van der Waals surface area contributed by atoms with Crippen LogP contribution in [0.5, 0.6) is 0 Å². The van der Waals surface area contributed by atoms with Gasteiger partial charge in [0, 0.05) is 3.92 Å². The van der Waals surface area contributed by atoms with E-state index in [0.29, 0.717) is 0 Å². The van der Waals surface area contributed by atoms with Gasteiger partial charge in [0.15, 0.2) is 0 Å². The third-order valence-corrected chi connectivity index (χ3v) is 4.21. The average Bonchev–Trinajstić information content (AvgIpc) is 2.12. The first-order valence-electron chi connectivity index (χ1n) is 5.38. The zero-order chi connectivity index (χ0) is 10.8. The van der Waals surface area contributed by atoms with E-state index >= 15 is 0 Å². The lowest BCUT2D eigenvalue weighted by Gasteiger charge is -2.10. The Morgan fingerprint density at radius 3 is 2.07 bits per heavy atom. The van der Waals surface area contributed by atoms with Gasteiger partial charge in [-0.15, -0.1) is 0 Å². The molecule has 0 spiro atoms. The van der Waals surface area contributed by atoms with E-state index < -0.39 is 0 Å². The van der Waals surface area contributed by atoms with Gasteiger partial charge in [-0.1, -0.05) is 58.0 Å². The molecule has 0 aromatic carbocycles. The topological polar surface area (TPSA) is 52.0 Å². The molecule has 4 N–H and O–H groups in total. The predicted octanol–water partition coefficient (Wildman–Crippen LogP) is 3.20. The van der Waals surface area contributed by atoms with Crippen molar-refractivity contribution in [3.63, 3.8) is 0 Å². The molecule has 86 valence electrons. The van der Waals surface area contributed by atoms with Crippen LogP contribution in [0.3, 0.4) is 0 Å². The molecule has 0 heterocycles. The van der Waals surface area contributed by atoms with Crippen LogP contribution in [0, 0.1) is 0 Å². The first-order chi connectivity index (χ1) is 6.66. The Labute approximate surface area is 115 Å². The first-order valence-corrected chi connectivity index (χ1v) is 8.15. The summed E-state index contributed by atoms with van der Waals surface area (Å²) < 4.78 is 2.12. The number of nitrogens with two attached hydrogens (primary N) is 2. The normalized spacial score (nSPS) is 13.5. The van der Waals surface area contributed by atoms with Gasteiger partial charge in [0.25, 0.3) is 0 Å². The fourth-order valence-corrected chi connectivity index (χ4v) is 2.78. The molecule has 0 saturated carbocycles. The van der Waals surface area contributed by atoms with Crippen molar-refractivity contribution in [3.8, 4) is 0 Å². The second-order valence-corrected chi connectivity index (χ2v) is 6.57. The molecular weight excluding hydrogens is 402 g/mol. The lowest BCUT2D eigenvalue weighted by atomic mass is 10.1. The molecule has 0 saturated heterocycles. The van der Waals surface area contributed by atoms with Gasteiger partial charge in [-0.3, -0.25) is 0 Å². The summed E-state index contributed by atoms with van der Waals surface area (Å²) in [5.41, 5.74) is 11.0. The van der Waals surface area contributed by atoms with Crippen molar-refractivity contribution in [2.24, 2.45) is 11.5 Å². The molecule has 0 aromatic heterocycles. The Kier molecular flexibility index (Phi) is 12.0. The second kappa shape index (κ2) is 10.9. The summed E-state index contributed by atoms with van der Waals surface area (Å²) in [6, 6.07) is 0. The van der Waals surface area contributed by atoms with E-state index in [1.165, 1.54) is 43.0 Å². The first kappa shape index (κ1) is 15.4. The number of halogens is 2. The minimum atomic E-state index is -0.113. The molecule has 0 amide bonds. The molecule has 0 bridgehead atoms. The highest BCUT2D eigenvalue weighted by Gasteiger charge is 2.04. The van der Waals surface area contributed by atoms with Gasteiger partial charge in [0.1, 0.15) is 0 Å². The van der Waals surface area contributed by atoms with Gasteiger partial charge in [-0.05, 0) is 36.5 Å². The maximum atomic E-state index is 5.49. The number of hydrogen-bond donors (Lipinski definition) is 2. The zero-order valence-electron chi connectivity index (χ0n) is 8.72. The zero-order valence-corrected chi connectivity index (χ0v) is 13.0. The fourth-order valence-electron chi connectivity index (χ4n) is 1.36. The molecule has 0 rings (SSSR count). The highest BCUT2D eigenvalue weighted by atomic mass is 127. The van der Waals surface area contributed by atoms with Crippen LogP contribution in [0.25, 0.3) is 0 Å². The van der Waals surface area contributed by atoms with Crippen LogP contribution >= 0.6 is 45.2 Å². The van der Waals surface area contributed by atoms with Crippen molar-refractivity contribution in [1.82, 2.24) is 0 Å². The maximum Gasteiger partial charge on any atom is 0.0520 e. The third-order valence-electron chi connectivity index (χ3n) is 2.21. The minimum absolute atomic E-state index is 0.113. The van der Waals surface area contributed by atoms with E-state index in [2.05, 4.69) is 45.2 Å². The maximum absolute atomic E-state index is 5.49. The molecule has 14 heavy (non-hydrogen) atoms. The highest BCUT2D eigenvalue weighted by Crippen LogP contribution is 2.18. The smallest absolute Gasteiger partial charge is 0.0520 e. The number of hydrogen-bond acceptors (Lipinski definition) is 2. The molecule has 2 nitrogen and oxygen atoms in total. The SMILES string of the molecule is NC(N)CCCC(I)CCCCCI. The van der Waals surface area contributed by atoms with E-state index in [-0.39, 0.29) is 6.17 Å². The lowest BCUT2D eigenvalue weighted by Crippen LogP contribution is -2.30. The summed E-state index contributed by atoms with van der Waals surface area (Å²) in [7, 11) is 0. The van der Waals surface area contributed by atoms with Crippen LogP contribution in [0.1, 0.15) is 44.9 Å². The summed E-state index contributed by atoms with van der Waals surface area (Å²) in [4.78, 5) is 0. The van der Waals surface area contributed by atoms with E-state index in [1.807, 2.05) is 0 Å². The van der Waals surface area contributed by atoms with Gasteiger partial charge in [0.05, 0.1) is 6.17 Å². The van der Waals surface area contributed by atoms with Crippen molar-refractivity contribution < 1.29 is 0 Å². The minimum Gasteiger partial charge on any atom is -0.316 e. The summed E-state index contributed by atoms with van der Waals surface area (Å²) >= 11 is 5.00. The van der Waals surface area contributed by atoms with E-state index in [9.17, 15) is 0 Å². The summed E-state index contributed by atoms with van der Waals surface area (Å²) in [6.45, 7) is 0. The van der Waals surface area contributed by atoms with Gasteiger partial charge in [-0.2, -0.15) is 0 Å². The Hall–Kier alpha value is 1.38. The molecule has 0 aromatic rings. The van der Waals surface area contributed by atoms with Crippen LogP contribution < -0.4 is 11.5 Å². The van der Waals surface area contributed by atoms with Crippen LogP contribution in [0.15, 0.2) is 0 Å². The van der Waals surface area contributed by atoms with Crippen molar-refractivity contribution >= 4 is 45.2 Å². The van der Waals surface area contributed by atoms with Crippen molar-refractivity contribution in [1.29, 1.82) is 0 Å². The Bertz CT molecular complexity index is 121. The van der Waals surface area contributed by atoms with Gasteiger partial charge < -0.3 is 11.5 Å². The van der Waals surface area contributed by atoms with Crippen molar-refractivity contribution in [3.05, 3.63) is 0 Å². The predicted molar refractivity (Wildman–Crippen MR) is 81.2 cm³/mol. The molecule has 0 aliphatic rings. The van der Waals surface area contributed by atoms with Gasteiger partial charge >= 0.3 is 0 Å². The van der Waals surface area contributed by atoms with E-state index in [0.717, 1.165) is 10.3 Å². The highest BCUT2D eigenvalue weighted by molar-refractivity contribution is 14.1. The molecular formula is C10H22I2N2. The standard InChI is InChI=1S/C10H22I2N2/c11-8-3-1-2-5-9(12)6-4-7-10(13)14/h9-10H,1-8,13-14H2. The van der Waals surface area contributed by atoms with E-state index in [4.69, 9.17) is 11.5 Å². The average molecular weight is 424 g/mol. The quantitative estimate of drug-likeness (QED) is 0.259. The Balaban J connectivity index is 3.15. The molecule has 1 unspecified atom stereocenters. The van der Waals surface area contributed by atoms with Gasteiger partial charge in [-0.25, -0.2) is 0 Å². The molecule has 0 radical (unpaired) electrons. The Morgan fingerprint density at radius 2 is 1.50 bits per heavy atom. The Morgan fingerprint density at radius 1 is 0.857 bits per heavy atom. The second-order valence-electron chi connectivity index (χ2n) is 3.73.